The Morgan fingerprint density at radius 1 is 1.46 bits per heavy atom. The first-order valence-electron chi connectivity index (χ1n) is 7.82. The molecule has 1 aromatic heterocycles. The summed E-state index contributed by atoms with van der Waals surface area (Å²) in [4.78, 5) is 5.52. The van der Waals surface area contributed by atoms with Crippen LogP contribution in [0, 0.1) is 5.92 Å². The van der Waals surface area contributed by atoms with Gasteiger partial charge in [-0.25, -0.2) is 13.4 Å². The molecule has 24 heavy (non-hydrogen) atoms. The molecule has 2 aliphatic rings. The van der Waals surface area contributed by atoms with Gasteiger partial charge in [0.15, 0.2) is 14.9 Å². The van der Waals surface area contributed by atoms with Crippen molar-refractivity contribution in [2.45, 2.75) is 23.8 Å². The molecule has 1 unspecified atom stereocenters. The molecule has 0 aliphatic carbocycles. The smallest absolute Gasteiger partial charge is 0.250 e. The Hall–Kier alpha value is -1.71. The summed E-state index contributed by atoms with van der Waals surface area (Å²) in [6, 6.07) is 3.23. The third-order valence-electron chi connectivity index (χ3n) is 4.13. The number of alkyl halides is 1. The lowest BCUT2D eigenvalue weighted by Crippen LogP contribution is -2.57. The lowest BCUT2D eigenvalue weighted by molar-refractivity contribution is 0.0723. The van der Waals surface area contributed by atoms with Crippen LogP contribution in [0.2, 0.25) is 0 Å². The zero-order valence-electron chi connectivity index (χ0n) is 13.2. The predicted octanol–water partition coefficient (Wildman–Crippen LogP) is 0.745. The molecule has 1 aromatic rings. The number of ether oxygens (including phenoxy) is 1. The van der Waals surface area contributed by atoms with Gasteiger partial charge in [0.2, 0.25) is 0 Å². The predicted molar refractivity (Wildman–Crippen MR) is 87.5 cm³/mol. The molecule has 9 heteroatoms. The van der Waals surface area contributed by atoms with E-state index in [1.807, 2.05) is 0 Å². The highest BCUT2D eigenvalue weighted by atomic mass is 32.2. The van der Waals surface area contributed by atoms with E-state index in [1.165, 1.54) is 17.3 Å². The SMILES string of the molecule is NC1(F)CN(c2cccnc2S(=O)(=O)CC2CCOCC2)C=CN1. The number of anilines is 1. The van der Waals surface area contributed by atoms with Crippen LogP contribution in [-0.4, -0.2) is 44.8 Å². The number of pyridine rings is 1. The van der Waals surface area contributed by atoms with E-state index in [0.717, 1.165) is 0 Å². The summed E-state index contributed by atoms with van der Waals surface area (Å²) in [6.45, 7) is 0.940. The number of nitrogens with two attached hydrogens (primary N) is 1. The molecule has 0 saturated carbocycles. The van der Waals surface area contributed by atoms with Gasteiger partial charge in [0.25, 0.3) is 5.92 Å². The van der Waals surface area contributed by atoms with E-state index in [-0.39, 0.29) is 23.2 Å². The summed E-state index contributed by atoms with van der Waals surface area (Å²) in [7, 11) is -3.60. The van der Waals surface area contributed by atoms with E-state index in [0.29, 0.717) is 31.7 Å². The first kappa shape index (κ1) is 17.1. The van der Waals surface area contributed by atoms with Crippen LogP contribution in [0.25, 0.3) is 0 Å². The van der Waals surface area contributed by atoms with Gasteiger partial charge >= 0.3 is 0 Å². The maximum Gasteiger partial charge on any atom is 0.250 e. The fraction of sp³-hybridized carbons (Fsp3) is 0.533. The maximum absolute atomic E-state index is 14.0. The van der Waals surface area contributed by atoms with Gasteiger partial charge < -0.3 is 15.0 Å². The molecule has 2 aliphatic heterocycles. The minimum absolute atomic E-state index is 0.0135. The molecule has 0 spiro atoms. The quantitative estimate of drug-likeness (QED) is 0.768. The van der Waals surface area contributed by atoms with Gasteiger partial charge in [0.05, 0.1) is 18.0 Å². The Kier molecular flexibility index (Phi) is 4.75. The number of aromatic nitrogens is 1. The highest BCUT2D eigenvalue weighted by molar-refractivity contribution is 7.91. The van der Waals surface area contributed by atoms with Crippen LogP contribution in [0.1, 0.15) is 12.8 Å². The van der Waals surface area contributed by atoms with Crippen molar-refractivity contribution in [3.63, 3.8) is 0 Å². The minimum atomic E-state index is -3.60. The molecule has 0 aromatic carbocycles. The number of hydrogen-bond donors (Lipinski definition) is 2. The van der Waals surface area contributed by atoms with Gasteiger partial charge in [-0.05, 0) is 30.9 Å². The first-order valence-corrected chi connectivity index (χ1v) is 9.47. The maximum atomic E-state index is 14.0. The molecule has 3 heterocycles. The molecule has 132 valence electrons. The Morgan fingerprint density at radius 2 is 2.21 bits per heavy atom. The Morgan fingerprint density at radius 3 is 2.92 bits per heavy atom. The molecule has 0 amide bonds. The van der Waals surface area contributed by atoms with Gasteiger partial charge in [0, 0.05) is 31.8 Å². The fourth-order valence-corrected chi connectivity index (χ4v) is 4.76. The van der Waals surface area contributed by atoms with Crippen molar-refractivity contribution in [2.24, 2.45) is 11.7 Å². The minimum Gasteiger partial charge on any atom is -0.381 e. The largest absolute Gasteiger partial charge is 0.381 e. The van der Waals surface area contributed by atoms with Gasteiger partial charge in [-0.2, -0.15) is 4.39 Å². The Labute approximate surface area is 140 Å². The lowest BCUT2D eigenvalue weighted by atomic mass is 10.0. The van der Waals surface area contributed by atoms with Crippen LogP contribution < -0.4 is 16.0 Å². The number of hydrogen-bond acceptors (Lipinski definition) is 7. The van der Waals surface area contributed by atoms with Crippen molar-refractivity contribution in [3.8, 4) is 0 Å². The van der Waals surface area contributed by atoms with Crippen LogP contribution in [0.15, 0.2) is 35.8 Å². The molecule has 3 N–H and O–H groups in total. The molecular formula is C15H21FN4O3S. The third-order valence-corrected chi connectivity index (χ3v) is 5.94. The monoisotopic (exact) mass is 356 g/mol. The Bertz CT molecular complexity index is 717. The van der Waals surface area contributed by atoms with Crippen LogP contribution in [-0.2, 0) is 14.6 Å². The molecule has 1 saturated heterocycles. The van der Waals surface area contributed by atoms with Crippen molar-refractivity contribution >= 4 is 15.5 Å². The number of sulfone groups is 1. The molecule has 1 atom stereocenters. The summed E-state index contributed by atoms with van der Waals surface area (Å²) < 4.78 is 44.9. The Balaban J connectivity index is 1.88. The molecule has 7 nitrogen and oxygen atoms in total. The zero-order chi connectivity index (χ0) is 17.2. The number of nitrogens with zero attached hydrogens (tertiary/aromatic N) is 2. The van der Waals surface area contributed by atoms with E-state index >= 15 is 0 Å². The zero-order valence-corrected chi connectivity index (χ0v) is 14.0. The topological polar surface area (TPSA) is 97.5 Å². The van der Waals surface area contributed by atoms with Gasteiger partial charge in [-0.3, -0.25) is 5.73 Å². The second kappa shape index (κ2) is 6.66. The normalized spacial score (nSPS) is 25.5. The highest BCUT2D eigenvalue weighted by Gasteiger charge is 2.32. The van der Waals surface area contributed by atoms with Crippen LogP contribution in [0.3, 0.4) is 0 Å². The summed E-state index contributed by atoms with van der Waals surface area (Å²) in [5, 5.41) is 2.34. The van der Waals surface area contributed by atoms with Crippen molar-refractivity contribution in [3.05, 3.63) is 30.7 Å². The van der Waals surface area contributed by atoms with Crippen LogP contribution in [0.4, 0.5) is 10.1 Å². The lowest BCUT2D eigenvalue weighted by Gasteiger charge is -2.33. The summed E-state index contributed by atoms with van der Waals surface area (Å²) in [6.07, 6.45) is 5.76. The van der Waals surface area contributed by atoms with E-state index in [4.69, 9.17) is 10.5 Å². The summed E-state index contributed by atoms with van der Waals surface area (Å²) >= 11 is 0. The first-order chi connectivity index (χ1) is 11.4. The van der Waals surface area contributed by atoms with Gasteiger partial charge in [0.1, 0.15) is 0 Å². The molecule has 0 bridgehead atoms. The van der Waals surface area contributed by atoms with Gasteiger partial charge in [-0.1, -0.05) is 0 Å². The average Bonchev–Trinajstić information content (AvgIpc) is 2.54. The van der Waals surface area contributed by atoms with Crippen LogP contribution in [0.5, 0.6) is 0 Å². The van der Waals surface area contributed by atoms with E-state index in [9.17, 15) is 12.8 Å². The standard InChI is InChI=1S/C15H21FN4O3S/c16-15(17)11-20(7-6-19-15)13-2-1-5-18-14(13)24(21,22)10-12-3-8-23-9-4-12/h1-2,5-7,12,19H,3-4,8-11,17H2. The van der Waals surface area contributed by atoms with E-state index in [1.54, 1.807) is 18.3 Å². The highest BCUT2D eigenvalue weighted by Crippen LogP contribution is 2.29. The fourth-order valence-electron chi connectivity index (χ4n) is 2.92. The second-order valence-electron chi connectivity index (χ2n) is 6.12. The summed E-state index contributed by atoms with van der Waals surface area (Å²) in [5.41, 5.74) is 5.79. The van der Waals surface area contributed by atoms with Crippen molar-refractivity contribution < 1.29 is 17.5 Å². The molecule has 0 radical (unpaired) electrons. The summed E-state index contributed by atoms with van der Waals surface area (Å²) in [5.74, 6) is -2.07. The van der Waals surface area contributed by atoms with Gasteiger partial charge in [-0.15, -0.1) is 0 Å². The molecule has 3 rings (SSSR count). The second-order valence-corrected chi connectivity index (χ2v) is 8.06. The average molecular weight is 356 g/mol. The third kappa shape index (κ3) is 3.85. The van der Waals surface area contributed by atoms with E-state index in [2.05, 4.69) is 10.3 Å². The van der Waals surface area contributed by atoms with Crippen molar-refractivity contribution in [1.82, 2.24) is 10.3 Å². The van der Waals surface area contributed by atoms with Crippen LogP contribution >= 0.6 is 0 Å². The number of halogens is 1. The number of rotatable bonds is 4. The van der Waals surface area contributed by atoms with Crippen molar-refractivity contribution in [2.75, 3.05) is 30.4 Å². The molecule has 1 fully saturated rings. The molecular weight excluding hydrogens is 335 g/mol. The van der Waals surface area contributed by atoms with Crippen molar-refractivity contribution in [1.29, 1.82) is 0 Å². The van der Waals surface area contributed by atoms with E-state index < -0.39 is 15.8 Å². The number of nitrogens with one attached hydrogen (secondary N) is 1.